The molecule has 0 saturated heterocycles. The number of carbonyl (C=O) groups is 1. The SMILES string of the molecule is CC1(C)c2cc(OC[C@H](O)CO)ccc2C(=O)c2c1oc1cc(Cl)ccc21. The van der Waals surface area contributed by atoms with Crippen molar-refractivity contribution in [2.75, 3.05) is 13.2 Å². The van der Waals surface area contributed by atoms with Crippen LogP contribution in [0, 0.1) is 0 Å². The fraction of sp³-hybridized carbons (Fsp3) is 0.286. The Kier molecular flexibility index (Phi) is 4.26. The zero-order valence-electron chi connectivity index (χ0n) is 15.0. The van der Waals surface area contributed by atoms with E-state index in [9.17, 15) is 9.90 Å². The minimum atomic E-state index is -0.956. The zero-order chi connectivity index (χ0) is 19.3. The number of benzene rings is 2. The normalized spacial score (nSPS) is 16.1. The van der Waals surface area contributed by atoms with E-state index >= 15 is 0 Å². The second-order valence-electron chi connectivity index (χ2n) is 7.26. The third-order valence-electron chi connectivity index (χ3n) is 5.01. The molecule has 0 saturated carbocycles. The maximum Gasteiger partial charge on any atom is 0.197 e. The Morgan fingerprint density at radius 3 is 2.74 bits per heavy atom. The van der Waals surface area contributed by atoms with Gasteiger partial charge in [-0.25, -0.2) is 0 Å². The molecule has 0 bridgehead atoms. The number of hydrogen-bond acceptors (Lipinski definition) is 5. The maximum absolute atomic E-state index is 13.2. The topological polar surface area (TPSA) is 79.9 Å². The lowest BCUT2D eigenvalue weighted by atomic mass is 9.72. The van der Waals surface area contributed by atoms with Crippen molar-refractivity contribution in [1.82, 2.24) is 0 Å². The Morgan fingerprint density at radius 2 is 2.00 bits per heavy atom. The Morgan fingerprint density at radius 1 is 1.22 bits per heavy atom. The van der Waals surface area contributed by atoms with Gasteiger partial charge in [0.05, 0.1) is 12.2 Å². The average molecular weight is 387 g/mol. The second-order valence-corrected chi connectivity index (χ2v) is 7.69. The molecule has 1 heterocycles. The van der Waals surface area contributed by atoms with Crippen LogP contribution in [0.25, 0.3) is 11.0 Å². The van der Waals surface area contributed by atoms with Crippen LogP contribution in [-0.2, 0) is 5.41 Å². The van der Waals surface area contributed by atoms with Gasteiger partial charge in [-0.3, -0.25) is 4.79 Å². The molecular formula is C21H19ClO5. The number of fused-ring (bicyclic) bond motifs is 4. The summed E-state index contributed by atoms with van der Waals surface area (Å²) >= 11 is 6.07. The molecule has 0 radical (unpaired) electrons. The van der Waals surface area contributed by atoms with Crippen molar-refractivity contribution in [2.24, 2.45) is 0 Å². The van der Waals surface area contributed by atoms with Gasteiger partial charge < -0.3 is 19.4 Å². The number of ether oxygens (including phenoxy) is 1. The maximum atomic E-state index is 13.2. The fourth-order valence-electron chi connectivity index (χ4n) is 3.57. The predicted octanol–water partition coefficient (Wildman–Crippen LogP) is 3.69. The highest BCUT2D eigenvalue weighted by atomic mass is 35.5. The number of ketones is 1. The van der Waals surface area contributed by atoms with Crippen LogP contribution in [0.3, 0.4) is 0 Å². The molecule has 0 aliphatic heterocycles. The second kappa shape index (κ2) is 6.37. The molecule has 1 aromatic heterocycles. The van der Waals surface area contributed by atoms with Crippen LogP contribution in [0.15, 0.2) is 40.8 Å². The molecule has 0 spiro atoms. The van der Waals surface area contributed by atoms with E-state index in [1.807, 2.05) is 19.9 Å². The molecule has 27 heavy (non-hydrogen) atoms. The lowest BCUT2D eigenvalue weighted by Gasteiger charge is -2.31. The largest absolute Gasteiger partial charge is 0.491 e. The van der Waals surface area contributed by atoms with Gasteiger partial charge in [0, 0.05) is 27.5 Å². The van der Waals surface area contributed by atoms with Crippen LogP contribution in [0.1, 0.15) is 41.1 Å². The first kappa shape index (κ1) is 18.0. The molecule has 6 heteroatoms. The number of rotatable bonds is 4. The summed E-state index contributed by atoms with van der Waals surface area (Å²) in [4.78, 5) is 13.2. The summed E-state index contributed by atoms with van der Waals surface area (Å²) in [5.74, 6) is 1.02. The lowest BCUT2D eigenvalue weighted by Crippen LogP contribution is -2.29. The van der Waals surface area contributed by atoms with Gasteiger partial charge in [0.15, 0.2) is 5.78 Å². The van der Waals surface area contributed by atoms with Gasteiger partial charge >= 0.3 is 0 Å². The van der Waals surface area contributed by atoms with Gasteiger partial charge in [-0.1, -0.05) is 11.6 Å². The zero-order valence-corrected chi connectivity index (χ0v) is 15.7. The Hall–Kier alpha value is -2.34. The molecule has 4 rings (SSSR count). The van der Waals surface area contributed by atoms with Crippen molar-refractivity contribution in [3.8, 4) is 5.75 Å². The average Bonchev–Trinajstić information content (AvgIpc) is 3.04. The van der Waals surface area contributed by atoms with Crippen LogP contribution in [-0.4, -0.2) is 35.3 Å². The van der Waals surface area contributed by atoms with Gasteiger partial charge in [-0.15, -0.1) is 0 Å². The van der Waals surface area contributed by atoms with Gasteiger partial charge in [0.25, 0.3) is 0 Å². The van der Waals surface area contributed by atoms with Gasteiger partial charge in [0.1, 0.15) is 29.8 Å². The molecule has 1 atom stereocenters. The van der Waals surface area contributed by atoms with E-state index in [2.05, 4.69) is 0 Å². The lowest BCUT2D eigenvalue weighted by molar-refractivity contribution is 0.0535. The van der Waals surface area contributed by atoms with Gasteiger partial charge in [0.2, 0.25) is 0 Å². The predicted molar refractivity (Wildman–Crippen MR) is 102 cm³/mol. The van der Waals surface area contributed by atoms with Gasteiger partial charge in [-0.05, 0) is 49.7 Å². The van der Waals surface area contributed by atoms with E-state index in [4.69, 9.17) is 25.9 Å². The summed E-state index contributed by atoms with van der Waals surface area (Å²) in [6.07, 6.45) is -0.956. The van der Waals surface area contributed by atoms with Crippen LogP contribution >= 0.6 is 11.6 Å². The Bertz CT molecular complexity index is 1050. The van der Waals surface area contributed by atoms with Crippen molar-refractivity contribution in [1.29, 1.82) is 0 Å². The highest BCUT2D eigenvalue weighted by Crippen LogP contribution is 2.46. The molecule has 1 aliphatic carbocycles. The number of aliphatic hydroxyl groups is 2. The quantitative estimate of drug-likeness (QED) is 0.714. The highest BCUT2D eigenvalue weighted by molar-refractivity contribution is 6.31. The monoisotopic (exact) mass is 386 g/mol. The summed E-state index contributed by atoms with van der Waals surface area (Å²) in [6, 6.07) is 10.5. The Balaban J connectivity index is 1.83. The highest BCUT2D eigenvalue weighted by Gasteiger charge is 2.41. The molecule has 0 unspecified atom stereocenters. The molecular weight excluding hydrogens is 368 g/mol. The van der Waals surface area contributed by atoms with Gasteiger partial charge in [-0.2, -0.15) is 0 Å². The molecule has 0 fully saturated rings. The minimum Gasteiger partial charge on any atom is -0.491 e. The van der Waals surface area contributed by atoms with Crippen LogP contribution in [0.2, 0.25) is 5.02 Å². The van der Waals surface area contributed by atoms with Crippen molar-refractivity contribution in [2.45, 2.75) is 25.4 Å². The van der Waals surface area contributed by atoms with Crippen LogP contribution in [0.5, 0.6) is 5.75 Å². The standard InChI is InChI=1S/C21H19ClO5/c1-21(2)16-8-13(26-10-12(24)9-23)4-6-14(16)19(25)18-15-5-3-11(22)7-17(15)27-20(18)21/h3-8,12,23-24H,9-10H2,1-2H3/t12-/m1/s1. The number of furan rings is 1. The summed E-state index contributed by atoms with van der Waals surface area (Å²) < 4.78 is 11.6. The van der Waals surface area contributed by atoms with Crippen molar-refractivity contribution >= 4 is 28.4 Å². The van der Waals surface area contributed by atoms with E-state index in [0.29, 0.717) is 33.2 Å². The van der Waals surface area contributed by atoms with Crippen molar-refractivity contribution in [3.63, 3.8) is 0 Å². The minimum absolute atomic E-state index is 0.0297. The number of aliphatic hydroxyl groups excluding tert-OH is 2. The molecule has 2 N–H and O–H groups in total. The van der Waals surface area contributed by atoms with Crippen molar-refractivity contribution in [3.05, 3.63) is 63.9 Å². The first-order valence-electron chi connectivity index (χ1n) is 8.66. The van der Waals surface area contributed by atoms with E-state index in [1.165, 1.54) is 0 Å². The summed E-state index contributed by atoms with van der Waals surface area (Å²) in [5, 5.41) is 19.7. The van der Waals surface area contributed by atoms with E-state index < -0.39 is 11.5 Å². The third-order valence-corrected chi connectivity index (χ3v) is 5.24. The number of halogens is 1. The number of carbonyl (C=O) groups excluding carboxylic acids is 1. The molecule has 140 valence electrons. The van der Waals surface area contributed by atoms with E-state index in [-0.39, 0.29) is 19.0 Å². The summed E-state index contributed by atoms with van der Waals surface area (Å²) in [5.41, 5.74) is 1.99. The Labute approximate surface area is 161 Å². The van der Waals surface area contributed by atoms with E-state index in [1.54, 1.807) is 30.3 Å². The molecule has 3 aromatic rings. The van der Waals surface area contributed by atoms with Crippen LogP contribution < -0.4 is 4.74 Å². The smallest absolute Gasteiger partial charge is 0.197 e. The third kappa shape index (κ3) is 2.83. The molecule has 5 nitrogen and oxygen atoms in total. The molecule has 1 aliphatic rings. The van der Waals surface area contributed by atoms with Crippen molar-refractivity contribution < 1.29 is 24.2 Å². The first-order valence-corrected chi connectivity index (χ1v) is 9.04. The number of hydrogen-bond donors (Lipinski definition) is 2. The summed E-state index contributed by atoms with van der Waals surface area (Å²) in [6.45, 7) is 3.58. The fourth-order valence-corrected chi connectivity index (χ4v) is 3.73. The summed E-state index contributed by atoms with van der Waals surface area (Å²) in [7, 11) is 0. The molecule has 2 aromatic carbocycles. The first-order chi connectivity index (χ1) is 12.8. The molecule has 0 amide bonds. The van der Waals surface area contributed by atoms with E-state index in [0.717, 1.165) is 10.9 Å². The van der Waals surface area contributed by atoms with Crippen LogP contribution in [0.4, 0.5) is 0 Å².